The van der Waals surface area contributed by atoms with Crippen molar-refractivity contribution in [3.8, 4) is 11.5 Å². The number of furan rings is 1. The lowest BCUT2D eigenvalue weighted by Crippen LogP contribution is -2.13. The first kappa shape index (κ1) is 18.6. The van der Waals surface area contributed by atoms with Gasteiger partial charge in [-0.15, -0.1) is 0 Å². The number of methoxy groups -OCH3 is 2. The highest BCUT2D eigenvalue weighted by molar-refractivity contribution is 6.05. The molecule has 5 heteroatoms. The number of fused-ring (bicyclic) bond motifs is 3. The fraction of sp³-hybridized carbons (Fsp3) is 0.125. The number of carbonyl (C=O) groups is 1. The normalized spacial score (nSPS) is 11.6. The molecular weight excluding hydrogens is 368 g/mol. The Morgan fingerprint density at radius 2 is 1.62 bits per heavy atom. The molecule has 0 fully saturated rings. The molecule has 29 heavy (non-hydrogen) atoms. The van der Waals surface area contributed by atoms with E-state index in [1.165, 1.54) is 7.11 Å². The summed E-state index contributed by atoms with van der Waals surface area (Å²) < 4.78 is 21.9. The predicted octanol–water partition coefficient (Wildman–Crippen LogP) is 5.23. The van der Waals surface area contributed by atoms with Gasteiger partial charge in [0.15, 0.2) is 11.5 Å². The van der Waals surface area contributed by atoms with Crippen LogP contribution in [0.5, 0.6) is 11.5 Å². The quantitative estimate of drug-likeness (QED) is 0.334. The maximum atomic E-state index is 12.3. The van der Waals surface area contributed by atoms with Gasteiger partial charge in [0.05, 0.1) is 19.8 Å². The molecule has 0 radical (unpaired) electrons. The number of hydrogen-bond donors (Lipinski definition) is 0. The summed E-state index contributed by atoms with van der Waals surface area (Å²) in [6.07, 6.45) is 1.77. The van der Waals surface area contributed by atoms with E-state index >= 15 is 0 Å². The summed E-state index contributed by atoms with van der Waals surface area (Å²) in [7, 11) is 2.93. The molecule has 0 atom stereocenters. The smallest absolute Gasteiger partial charge is 0.337 e. The fourth-order valence-electron chi connectivity index (χ4n) is 3.22. The van der Waals surface area contributed by atoms with Gasteiger partial charge >= 0.3 is 5.97 Å². The highest BCUT2D eigenvalue weighted by Gasteiger charge is 2.13. The van der Waals surface area contributed by atoms with Gasteiger partial charge in [0.1, 0.15) is 17.8 Å². The number of ether oxygens (including phenoxy) is 3. The van der Waals surface area contributed by atoms with Crippen LogP contribution >= 0.6 is 0 Å². The van der Waals surface area contributed by atoms with Crippen molar-refractivity contribution in [3.63, 3.8) is 0 Å². The van der Waals surface area contributed by atoms with Gasteiger partial charge in [0.2, 0.25) is 0 Å². The molecule has 0 spiro atoms. The fourth-order valence-corrected chi connectivity index (χ4v) is 3.22. The zero-order valence-corrected chi connectivity index (χ0v) is 16.2. The Balaban J connectivity index is 1.67. The Morgan fingerprint density at radius 3 is 2.41 bits per heavy atom. The number of esters is 1. The standard InChI is InChI=1S/C24H20O5/c1-26-22-9-5-6-10-23(22)28-15-17(24(25)27-2)13-16-11-12-21-19(14-16)18-7-3-4-8-20(18)29-21/h3-14H,15H2,1-2H3/b17-13+. The van der Waals surface area contributed by atoms with Crippen molar-refractivity contribution >= 4 is 34.0 Å². The third kappa shape index (κ3) is 3.80. The second-order valence-corrected chi connectivity index (χ2v) is 6.45. The largest absolute Gasteiger partial charge is 0.493 e. The minimum absolute atomic E-state index is 0.0528. The number of carbonyl (C=O) groups excluding carboxylic acids is 1. The van der Waals surface area contributed by atoms with Crippen LogP contribution in [-0.4, -0.2) is 26.8 Å². The highest BCUT2D eigenvalue weighted by atomic mass is 16.5. The molecule has 1 heterocycles. The van der Waals surface area contributed by atoms with Crippen molar-refractivity contribution in [1.29, 1.82) is 0 Å². The average molecular weight is 388 g/mol. The van der Waals surface area contributed by atoms with E-state index < -0.39 is 5.97 Å². The van der Waals surface area contributed by atoms with E-state index in [0.717, 1.165) is 27.5 Å². The first-order valence-corrected chi connectivity index (χ1v) is 9.15. The van der Waals surface area contributed by atoms with E-state index in [1.807, 2.05) is 54.6 Å². The van der Waals surface area contributed by atoms with Crippen molar-refractivity contribution < 1.29 is 23.4 Å². The molecule has 0 amide bonds. The molecule has 0 saturated carbocycles. The van der Waals surface area contributed by atoms with E-state index in [4.69, 9.17) is 18.6 Å². The van der Waals surface area contributed by atoms with Crippen molar-refractivity contribution in [2.45, 2.75) is 0 Å². The molecule has 0 bridgehead atoms. The lowest BCUT2D eigenvalue weighted by molar-refractivity contribution is -0.136. The van der Waals surface area contributed by atoms with Crippen LogP contribution in [0.15, 0.2) is 76.7 Å². The summed E-state index contributed by atoms with van der Waals surface area (Å²) in [5.41, 5.74) is 2.88. The monoisotopic (exact) mass is 388 g/mol. The lowest BCUT2D eigenvalue weighted by Gasteiger charge is -2.11. The van der Waals surface area contributed by atoms with E-state index in [-0.39, 0.29) is 6.61 Å². The summed E-state index contributed by atoms with van der Waals surface area (Å²) >= 11 is 0. The lowest BCUT2D eigenvalue weighted by atomic mass is 10.1. The zero-order valence-electron chi connectivity index (χ0n) is 16.2. The van der Waals surface area contributed by atoms with E-state index in [9.17, 15) is 4.79 Å². The van der Waals surface area contributed by atoms with Crippen LogP contribution in [0.3, 0.4) is 0 Å². The van der Waals surface area contributed by atoms with Gasteiger partial charge in [-0.05, 0) is 42.0 Å². The number of rotatable bonds is 6. The summed E-state index contributed by atoms with van der Waals surface area (Å²) in [6.45, 7) is 0.0528. The van der Waals surface area contributed by atoms with Gasteiger partial charge in [-0.25, -0.2) is 4.79 Å². The molecule has 1 aromatic heterocycles. The maximum Gasteiger partial charge on any atom is 0.337 e. The second kappa shape index (κ2) is 8.10. The Kier molecular flexibility index (Phi) is 5.20. The molecule has 0 aliphatic carbocycles. The molecular formula is C24H20O5. The molecule has 3 aromatic carbocycles. The van der Waals surface area contributed by atoms with Gasteiger partial charge in [-0.1, -0.05) is 36.4 Å². The molecule has 0 aliphatic rings. The molecule has 4 rings (SSSR count). The second-order valence-electron chi connectivity index (χ2n) is 6.45. The Bertz CT molecular complexity index is 1200. The first-order valence-electron chi connectivity index (χ1n) is 9.15. The molecule has 0 saturated heterocycles. The molecule has 4 aromatic rings. The molecule has 0 aliphatic heterocycles. The van der Waals surface area contributed by atoms with Gasteiger partial charge < -0.3 is 18.6 Å². The zero-order chi connectivity index (χ0) is 20.2. The van der Waals surface area contributed by atoms with Crippen molar-refractivity contribution in [1.82, 2.24) is 0 Å². The molecule has 5 nitrogen and oxygen atoms in total. The van der Waals surface area contributed by atoms with Gasteiger partial charge in [-0.2, -0.15) is 0 Å². The van der Waals surface area contributed by atoms with Crippen LogP contribution in [0, 0.1) is 0 Å². The summed E-state index contributed by atoms with van der Waals surface area (Å²) in [4.78, 5) is 12.3. The van der Waals surface area contributed by atoms with E-state index in [2.05, 4.69) is 0 Å². The molecule has 0 N–H and O–H groups in total. The van der Waals surface area contributed by atoms with Crippen LogP contribution < -0.4 is 9.47 Å². The minimum Gasteiger partial charge on any atom is -0.493 e. The van der Waals surface area contributed by atoms with Gasteiger partial charge in [-0.3, -0.25) is 0 Å². The van der Waals surface area contributed by atoms with Gasteiger partial charge in [0.25, 0.3) is 0 Å². The number of hydrogen-bond acceptors (Lipinski definition) is 5. The third-order valence-corrected chi connectivity index (χ3v) is 4.64. The Morgan fingerprint density at radius 1 is 0.897 bits per heavy atom. The maximum absolute atomic E-state index is 12.3. The number of para-hydroxylation sites is 3. The highest BCUT2D eigenvalue weighted by Crippen LogP contribution is 2.30. The molecule has 146 valence electrons. The third-order valence-electron chi connectivity index (χ3n) is 4.64. The van der Waals surface area contributed by atoms with Crippen molar-refractivity contribution in [2.24, 2.45) is 0 Å². The van der Waals surface area contributed by atoms with Crippen molar-refractivity contribution in [3.05, 3.63) is 77.9 Å². The summed E-state index contributed by atoms with van der Waals surface area (Å²) in [5, 5.41) is 2.02. The number of benzene rings is 3. The van der Waals surface area contributed by atoms with Crippen molar-refractivity contribution in [2.75, 3.05) is 20.8 Å². The predicted molar refractivity (Wildman–Crippen MR) is 112 cm³/mol. The SMILES string of the molecule is COC(=O)/C(=C/c1ccc2oc3ccccc3c2c1)COc1ccccc1OC. The topological polar surface area (TPSA) is 57.9 Å². The minimum atomic E-state index is -0.447. The Labute approximate surface area is 168 Å². The van der Waals surface area contributed by atoms with E-state index in [0.29, 0.717) is 17.1 Å². The van der Waals surface area contributed by atoms with E-state index in [1.54, 1.807) is 25.3 Å². The van der Waals surface area contributed by atoms with Gasteiger partial charge in [0, 0.05) is 10.8 Å². The average Bonchev–Trinajstić information content (AvgIpc) is 3.14. The summed E-state index contributed by atoms with van der Waals surface area (Å²) in [6, 6.07) is 20.9. The van der Waals surface area contributed by atoms with Crippen LogP contribution in [0.1, 0.15) is 5.56 Å². The molecule has 0 unspecified atom stereocenters. The summed E-state index contributed by atoms with van der Waals surface area (Å²) in [5.74, 6) is 0.709. The van der Waals surface area contributed by atoms with Crippen LogP contribution in [0.2, 0.25) is 0 Å². The van der Waals surface area contributed by atoms with Crippen LogP contribution in [-0.2, 0) is 9.53 Å². The van der Waals surface area contributed by atoms with Crippen LogP contribution in [0.25, 0.3) is 28.0 Å². The first-order chi connectivity index (χ1) is 14.2. The Hall–Kier alpha value is -3.73. The van der Waals surface area contributed by atoms with Crippen LogP contribution in [0.4, 0.5) is 0 Å².